The first-order valence-electron chi connectivity index (χ1n) is 14.6. The van der Waals surface area contributed by atoms with E-state index in [-0.39, 0.29) is 24.1 Å². The van der Waals surface area contributed by atoms with Crippen LogP contribution in [0.15, 0.2) is 42.5 Å². The Labute approximate surface area is 237 Å². The van der Waals surface area contributed by atoms with E-state index in [1.807, 2.05) is 17.0 Å². The molecule has 0 bridgehead atoms. The van der Waals surface area contributed by atoms with Crippen molar-refractivity contribution in [2.24, 2.45) is 5.73 Å². The molecule has 3 N–H and O–H groups in total. The minimum Gasteiger partial charge on any atom is -0.453 e. The van der Waals surface area contributed by atoms with Gasteiger partial charge in [-0.1, -0.05) is 24.3 Å². The van der Waals surface area contributed by atoms with Gasteiger partial charge in [0.05, 0.1) is 18.5 Å². The number of amides is 2. The van der Waals surface area contributed by atoms with Crippen LogP contribution in [0.4, 0.5) is 16.2 Å². The zero-order valence-electron chi connectivity index (χ0n) is 23.8. The normalized spacial score (nSPS) is 23.6. The third-order valence-electron chi connectivity index (χ3n) is 8.53. The summed E-state index contributed by atoms with van der Waals surface area (Å²) in [7, 11) is 3.58. The Morgan fingerprint density at radius 2 is 1.77 bits per heavy atom. The molecule has 2 aromatic rings. The van der Waals surface area contributed by atoms with E-state index >= 15 is 0 Å². The van der Waals surface area contributed by atoms with Crippen molar-refractivity contribution in [3.63, 3.8) is 0 Å². The van der Waals surface area contributed by atoms with Crippen LogP contribution in [0, 0.1) is 0 Å². The molecule has 2 amide bonds. The number of ether oxygens (including phenoxy) is 2. The monoisotopic (exact) mass is 549 g/mol. The van der Waals surface area contributed by atoms with Gasteiger partial charge < -0.3 is 35.2 Å². The maximum atomic E-state index is 13.1. The van der Waals surface area contributed by atoms with E-state index in [0.717, 1.165) is 92.8 Å². The highest BCUT2D eigenvalue weighted by Crippen LogP contribution is 2.34. The van der Waals surface area contributed by atoms with Crippen molar-refractivity contribution in [1.29, 1.82) is 0 Å². The van der Waals surface area contributed by atoms with Gasteiger partial charge in [-0.3, -0.25) is 4.79 Å². The van der Waals surface area contributed by atoms with Crippen LogP contribution < -0.4 is 16.0 Å². The van der Waals surface area contributed by atoms with Crippen LogP contribution in [0.5, 0.6) is 0 Å². The number of carbonyl (C=O) groups excluding carboxylic acids is 2. The highest BCUT2D eigenvalue weighted by molar-refractivity contribution is 5.98. The SMILES string of the molecule is COC(=O)N(Cc1cccc(-c2ccc(N3CCN(C)CC3)c(NC(=O)C3CCCO3)c2)c1)C1CCC(N)CC1. The first kappa shape index (κ1) is 28.4. The molecule has 3 fully saturated rings. The van der Waals surface area contributed by atoms with Gasteiger partial charge in [-0.05, 0) is 80.5 Å². The Hall–Kier alpha value is -3.14. The molecule has 0 spiro atoms. The number of likely N-dealkylation sites (N-methyl/N-ethyl adjacent to an activating group) is 1. The van der Waals surface area contributed by atoms with Crippen molar-refractivity contribution in [3.05, 3.63) is 48.0 Å². The van der Waals surface area contributed by atoms with E-state index in [2.05, 4.69) is 52.5 Å². The Balaban J connectivity index is 1.39. The van der Waals surface area contributed by atoms with Crippen LogP contribution in [0.1, 0.15) is 44.1 Å². The Morgan fingerprint density at radius 3 is 2.48 bits per heavy atom. The Kier molecular flexibility index (Phi) is 9.24. The van der Waals surface area contributed by atoms with Crippen LogP contribution in [0.3, 0.4) is 0 Å². The molecule has 0 aromatic heterocycles. The molecule has 2 aromatic carbocycles. The number of anilines is 2. The van der Waals surface area contributed by atoms with E-state index in [1.165, 1.54) is 7.11 Å². The molecule has 216 valence electrons. The number of methoxy groups -OCH3 is 1. The molecule has 9 heteroatoms. The zero-order valence-corrected chi connectivity index (χ0v) is 23.8. The topological polar surface area (TPSA) is 100 Å². The van der Waals surface area contributed by atoms with Crippen molar-refractivity contribution in [3.8, 4) is 11.1 Å². The van der Waals surface area contributed by atoms with Gasteiger partial charge in [0.1, 0.15) is 6.10 Å². The number of benzene rings is 2. The quantitative estimate of drug-likeness (QED) is 0.537. The summed E-state index contributed by atoms with van der Waals surface area (Å²) < 4.78 is 10.8. The lowest BCUT2D eigenvalue weighted by Crippen LogP contribution is -2.44. The van der Waals surface area contributed by atoms with Gasteiger partial charge in [0.25, 0.3) is 5.91 Å². The van der Waals surface area contributed by atoms with Crippen LogP contribution in [-0.2, 0) is 20.8 Å². The van der Waals surface area contributed by atoms with Crippen molar-refractivity contribution >= 4 is 23.4 Å². The molecule has 0 radical (unpaired) electrons. The van der Waals surface area contributed by atoms with Crippen LogP contribution in [0.25, 0.3) is 11.1 Å². The van der Waals surface area contributed by atoms with Gasteiger partial charge in [0.2, 0.25) is 0 Å². The van der Waals surface area contributed by atoms with E-state index in [1.54, 1.807) is 0 Å². The number of carbonyl (C=O) groups is 2. The fraction of sp³-hybridized carbons (Fsp3) is 0.548. The molecule has 40 heavy (non-hydrogen) atoms. The second kappa shape index (κ2) is 13.0. The summed E-state index contributed by atoms with van der Waals surface area (Å²) in [6.07, 6.45) is 4.56. The average Bonchev–Trinajstić information content (AvgIpc) is 3.52. The number of piperazine rings is 1. The molecule has 3 aliphatic rings. The van der Waals surface area contributed by atoms with E-state index in [9.17, 15) is 9.59 Å². The standard InChI is InChI=1S/C31H43N5O4/c1-34-14-16-35(17-15-34)28-13-8-24(20-27(28)33-30(37)29-7-4-18-40-29)23-6-3-5-22(19-23)21-36(31(38)39-2)26-11-9-25(32)10-12-26/h3,5-6,8,13,19-20,25-26,29H,4,7,9-12,14-18,21,32H2,1-2H3,(H,33,37). The van der Waals surface area contributed by atoms with Gasteiger partial charge in [-0.2, -0.15) is 0 Å². The molecular weight excluding hydrogens is 506 g/mol. The van der Waals surface area contributed by atoms with Crippen molar-refractivity contribution < 1.29 is 19.1 Å². The van der Waals surface area contributed by atoms with Gasteiger partial charge >= 0.3 is 6.09 Å². The number of nitrogens with zero attached hydrogens (tertiary/aromatic N) is 3. The molecule has 1 atom stereocenters. The zero-order chi connectivity index (χ0) is 28.1. The van der Waals surface area contributed by atoms with Crippen molar-refractivity contribution in [2.45, 2.75) is 63.3 Å². The minimum atomic E-state index is -0.397. The van der Waals surface area contributed by atoms with E-state index in [0.29, 0.717) is 13.2 Å². The number of nitrogens with two attached hydrogens (primary N) is 1. The highest BCUT2D eigenvalue weighted by Gasteiger charge is 2.29. The Morgan fingerprint density at radius 1 is 1.02 bits per heavy atom. The maximum Gasteiger partial charge on any atom is 0.410 e. The summed E-state index contributed by atoms with van der Waals surface area (Å²) in [5.41, 5.74) is 11.0. The lowest BCUT2D eigenvalue weighted by molar-refractivity contribution is -0.124. The molecule has 2 aliphatic heterocycles. The lowest BCUT2D eigenvalue weighted by Gasteiger charge is -2.35. The third-order valence-corrected chi connectivity index (χ3v) is 8.53. The third kappa shape index (κ3) is 6.77. The van der Waals surface area contributed by atoms with Gasteiger partial charge in [0, 0.05) is 51.4 Å². The fourth-order valence-corrected chi connectivity index (χ4v) is 6.06. The van der Waals surface area contributed by atoms with Gasteiger partial charge in [-0.25, -0.2) is 4.79 Å². The van der Waals surface area contributed by atoms with Crippen LogP contribution >= 0.6 is 0 Å². The second-order valence-electron chi connectivity index (χ2n) is 11.4. The van der Waals surface area contributed by atoms with E-state index < -0.39 is 6.10 Å². The van der Waals surface area contributed by atoms with Crippen molar-refractivity contribution in [1.82, 2.24) is 9.80 Å². The lowest BCUT2D eigenvalue weighted by atomic mass is 9.90. The largest absolute Gasteiger partial charge is 0.453 e. The summed E-state index contributed by atoms with van der Waals surface area (Å²) >= 11 is 0. The smallest absolute Gasteiger partial charge is 0.410 e. The fourth-order valence-electron chi connectivity index (χ4n) is 6.06. The first-order valence-corrected chi connectivity index (χ1v) is 14.6. The van der Waals surface area contributed by atoms with Crippen LogP contribution in [0.2, 0.25) is 0 Å². The molecule has 9 nitrogen and oxygen atoms in total. The molecule has 5 rings (SSSR count). The molecule has 1 saturated carbocycles. The van der Waals surface area contributed by atoms with Gasteiger partial charge in [0.15, 0.2) is 0 Å². The molecule has 1 unspecified atom stereocenters. The molecule has 2 saturated heterocycles. The van der Waals surface area contributed by atoms with Crippen LogP contribution in [-0.4, -0.2) is 86.9 Å². The summed E-state index contributed by atoms with van der Waals surface area (Å²) in [6, 6.07) is 14.9. The highest BCUT2D eigenvalue weighted by atomic mass is 16.5. The summed E-state index contributed by atoms with van der Waals surface area (Å²) in [5.74, 6) is -0.0836. The summed E-state index contributed by atoms with van der Waals surface area (Å²) in [4.78, 5) is 32.3. The van der Waals surface area contributed by atoms with E-state index in [4.69, 9.17) is 15.2 Å². The minimum absolute atomic E-state index is 0.0836. The predicted molar refractivity (Wildman–Crippen MR) is 157 cm³/mol. The maximum absolute atomic E-state index is 13.1. The number of hydrogen-bond acceptors (Lipinski definition) is 7. The number of nitrogens with one attached hydrogen (secondary N) is 1. The molecule has 1 aliphatic carbocycles. The number of hydrogen-bond donors (Lipinski definition) is 2. The molecular formula is C31H43N5O4. The second-order valence-corrected chi connectivity index (χ2v) is 11.4. The Bertz CT molecular complexity index is 1170. The number of rotatable bonds is 7. The first-order chi connectivity index (χ1) is 19.4. The molecule has 2 heterocycles. The van der Waals surface area contributed by atoms with Crippen molar-refractivity contribution in [2.75, 3.05) is 57.2 Å². The average molecular weight is 550 g/mol. The predicted octanol–water partition coefficient (Wildman–Crippen LogP) is 4.06. The summed E-state index contributed by atoms with van der Waals surface area (Å²) in [6.45, 7) is 4.88. The summed E-state index contributed by atoms with van der Waals surface area (Å²) in [5, 5.41) is 3.19. The van der Waals surface area contributed by atoms with Gasteiger partial charge in [-0.15, -0.1) is 0 Å².